The predicted octanol–water partition coefficient (Wildman–Crippen LogP) is 4.88. The molecule has 1 saturated carbocycles. The predicted molar refractivity (Wildman–Crippen MR) is 103 cm³/mol. The number of hydrogen-bond acceptors (Lipinski definition) is 6. The van der Waals surface area contributed by atoms with Crippen LogP contribution in [0.15, 0.2) is 24.5 Å². The lowest BCUT2D eigenvalue weighted by Gasteiger charge is -2.17. The second kappa shape index (κ2) is 8.12. The van der Waals surface area contributed by atoms with Gasteiger partial charge in [0.2, 0.25) is 11.6 Å². The molecule has 138 valence electrons. The van der Waals surface area contributed by atoms with Gasteiger partial charge in [-0.3, -0.25) is 10.1 Å². The van der Waals surface area contributed by atoms with Crippen LogP contribution < -0.4 is 10.6 Å². The Morgan fingerprint density at radius 1 is 1.00 bits per heavy atom. The molecule has 1 heterocycles. The van der Waals surface area contributed by atoms with Gasteiger partial charge in [-0.1, -0.05) is 31.7 Å². The fourth-order valence-electron chi connectivity index (χ4n) is 3.55. The van der Waals surface area contributed by atoms with E-state index in [4.69, 9.17) is 0 Å². The molecular weight excluding hydrogens is 330 g/mol. The van der Waals surface area contributed by atoms with Crippen LogP contribution in [0.3, 0.4) is 0 Å². The normalized spacial score (nSPS) is 15.3. The summed E-state index contributed by atoms with van der Waals surface area (Å²) in [6.45, 7) is 3.98. The smallest absolute Gasteiger partial charge is 0.353 e. The van der Waals surface area contributed by atoms with Crippen LogP contribution >= 0.6 is 0 Å². The molecule has 1 aliphatic carbocycles. The number of rotatable bonds is 5. The molecule has 1 aliphatic rings. The average Bonchev–Trinajstić information content (AvgIpc) is 2.82. The molecule has 0 aliphatic heterocycles. The van der Waals surface area contributed by atoms with Crippen molar-refractivity contribution in [3.63, 3.8) is 0 Å². The molecule has 26 heavy (non-hydrogen) atoms. The minimum absolute atomic E-state index is 0.101. The highest BCUT2D eigenvalue weighted by molar-refractivity contribution is 5.74. The third-order valence-corrected chi connectivity index (χ3v) is 4.69. The van der Waals surface area contributed by atoms with Gasteiger partial charge in [-0.15, -0.1) is 0 Å². The highest BCUT2D eigenvalue weighted by Gasteiger charge is 2.25. The highest BCUT2D eigenvalue weighted by atomic mass is 16.6. The average molecular weight is 355 g/mol. The van der Waals surface area contributed by atoms with Crippen molar-refractivity contribution in [2.24, 2.45) is 0 Å². The van der Waals surface area contributed by atoms with E-state index in [9.17, 15) is 10.1 Å². The van der Waals surface area contributed by atoms with Gasteiger partial charge in [0.05, 0.1) is 4.92 Å². The van der Waals surface area contributed by atoms with E-state index >= 15 is 0 Å². The number of nitrogens with zero attached hydrogens (tertiary/aromatic N) is 3. The van der Waals surface area contributed by atoms with Gasteiger partial charge in [0.25, 0.3) is 0 Å². The van der Waals surface area contributed by atoms with E-state index in [0.717, 1.165) is 42.5 Å². The van der Waals surface area contributed by atoms with Crippen LogP contribution in [-0.2, 0) is 0 Å². The van der Waals surface area contributed by atoms with E-state index < -0.39 is 4.92 Å². The van der Waals surface area contributed by atoms with Crippen molar-refractivity contribution in [1.29, 1.82) is 0 Å². The first-order valence-corrected chi connectivity index (χ1v) is 9.14. The molecule has 1 aromatic heterocycles. The second-order valence-corrected chi connectivity index (χ2v) is 7.01. The minimum Gasteiger partial charge on any atom is -0.361 e. The van der Waals surface area contributed by atoms with E-state index in [0.29, 0.717) is 5.82 Å². The first kappa shape index (κ1) is 18.1. The maximum atomic E-state index is 11.7. The summed E-state index contributed by atoms with van der Waals surface area (Å²) in [5, 5.41) is 18.1. The molecule has 0 bridgehead atoms. The first-order chi connectivity index (χ1) is 12.5. The number of aryl methyl sites for hydroxylation is 2. The van der Waals surface area contributed by atoms with E-state index in [2.05, 4.69) is 26.7 Å². The van der Waals surface area contributed by atoms with Crippen LogP contribution in [0.5, 0.6) is 0 Å². The Kier molecular flexibility index (Phi) is 5.65. The molecule has 2 aromatic rings. The van der Waals surface area contributed by atoms with E-state index in [1.165, 1.54) is 19.2 Å². The minimum atomic E-state index is -0.413. The topological polar surface area (TPSA) is 93.0 Å². The Hall–Kier alpha value is -2.70. The van der Waals surface area contributed by atoms with Crippen LogP contribution in [0, 0.1) is 24.0 Å². The van der Waals surface area contributed by atoms with Crippen molar-refractivity contribution in [2.75, 3.05) is 10.6 Å². The Bertz CT molecular complexity index is 765. The molecule has 0 radical (unpaired) electrons. The summed E-state index contributed by atoms with van der Waals surface area (Å²) in [4.78, 5) is 19.6. The van der Waals surface area contributed by atoms with Crippen LogP contribution in [0.2, 0.25) is 0 Å². The second-order valence-electron chi connectivity index (χ2n) is 7.01. The van der Waals surface area contributed by atoms with Crippen molar-refractivity contribution in [3.05, 3.63) is 45.8 Å². The molecule has 0 atom stereocenters. The fourth-order valence-corrected chi connectivity index (χ4v) is 3.55. The Balaban J connectivity index is 1.89. The van der Waals surface area contributed by atoms with Gasteiger partial charge in [0, 0.05) is 11.7 Å². The molecule has 0 saturated heterocycles. The molecule has 1 fully saturated rings. The number of nitrogens with one attached hydrogen (secondary N) is 2. The van der Waals surface area contributed by atoms with Gasteiger partial charge in [0.15, 0.2) is 0 Å². The standard InChI is InChI=1S/C19H25N5O2/c1-13-9-14(2)11-16(10-13)23-19-17(24(25)26)18(20-12-21-19)22-15-7-5-3-4-6-8-15/h9-12,15H,3-8H2,1-2H3,(H2,20,21,22,23). The zero-order valence-corrected chi connectivity index (χ0v) is 15.3. The van der Waals surface area contributed by atoms with Crippen LogP contribution in [0.1, 0.15) is 49.7 Å². The molecular formula is C19H25N5O2. The Labute approximate surface area is 153 Å². The molecule has 3 rings (SSSR count). The van der Waals surface area contributed by atoms with Crippen LogP contribution in [0.25, 0.3) is 0 Å². The van der Waals surface area contributed by atoms with Crippen molar-refractivity contribution in [3.8, 4) is 0 Å². The maximum Gasteiger partial charge on any atom is 0.353 e. The Morgan fingerprint density at radius 2 is 1.62 bits per heavy atom. The van der Waals surface area contributed by atoms with Crippen molar-refractivity contribution in [1.82, 2.24) is 9.97 Å². The summed E-state index contributed by atoms with van der Waals surface area (Å²) in [5.74, 6) is 0.509. The summed E-state index contributed by atoms with van der Waals surface area (Å²) >= 11 is 0. The Morgan fingerprint density at radius 3 is 2.23 bits per heavy atom. The number of hydrogen-bond donors (Lipinski definition) is 2. The quantitative estimate of drug-likeness (QED) is 0.451. The zero-order chi connectivity index (χ0) is 18.5. The molecule has 7 nitrogen and oxygen atoms in total. The number of aromatic nitrogens is 2. The monoisotopic (exact) mass is 355 g/mol. The molecule has 1 aromatic carbocycles. The van der Waals surface area contributed by atoms with Gasteiger partial charge in [-0.2, -0.15) is 0 Å². The molecule has 7 heteroatoms. The third-order valence-electron chi connectivity index (χ3n) is 4.69. The molecule has 0 spiro atoms. The lowest BCUT2D eigenvalue weighted by Crippen LogP contribution is -2.20. The number of anilines is 3. The largest absolute Gasteiger partial charge is 0.361 e. The molecule has 0 unspecified atom stereocenters. The number of nitro groups is 1. The van der Waals surface area contributed by atoms with Gasteiger partial charge in [-0.05, 0) is 49.9 Å². The van der Waals surface area contributed by atoms with E-state index in [1.807, 2.05) is 26.0 Å². The van der Waals surface area contributed by atoms with Crippen LogP contribution in [-0.4, -0.2) is 20.9 Å². The summed E-state index contributed by atoms with van der Waals surface area (Å²) in [6, 6.07) is 6.16. The zero-order valence-electron chi connectivity index (χ0n) is 15.3. The van der Waals surface area contributed by atoms with E-state index in [1.54, 1.807) is 0 Å². The number of benzene rings is 1. The van der Waals surface area contributed by atoms with Crippen molar-refractivity contribution < 1.29 is 4.92 Å². The lowest BCUT2D eigenvalue weighted by atomic mass is 10.1. The van der Waals surface area contributed by atoms with Gasteiger partial charge < -0.3 is 10.6 Å². The van der Waals surface area contributed by atoms with Gasteiger partial charge in [-0.25, -0.2) is 9.97 Å². The van der Waals surface area contributed by atoms with Gasteiger partial charge in [0.1, 0.15) is 6.33 Å². The van der Waals surface area contributed by atoms with Gasteiger partial charge >= 0.3 is 5.69 Å². The lowest BCUT2D eigenvalue weighted by molar-refractivity contribution is -0.383. The summed E-state index contributed by atoms with van der Waals surface area (Å²) in [5.41, 5.74) is 2.85. The molecule has 0 amide bonds. The first-order valence-electron chi connectivity index (χ1n) is 9.14. The summed E-state index contributed by atoms with van der Waals surface area (Å²) in [7, 11) is 0. The van der Waals surface area contributed by atoms with E-state index in [-0.39, 0.29) is 17.5 Å². The highest BCUT2D eigenvalue weighted by Crippen LogP contribution is 2.33. The summed E-state index contributed by atoms with van der Waals surface area (Å²) < 4.78 is 0. The fraction of sp³-hybridized carbons (Fsp3) is 0.474. The SMILES string of the molecule is Cc1cc(C)cc(Nc2ncnc(NC3CCCCCC3)c2[N+](=O)[O-])c1. The van der Waals surface area contributed by atoms with Crippen LogP contribution in [0.4, 0.5) is 23.0 Å². The summed E-state index contributed by atoms with van der Waals surface area (Å²) in [6.07, 6.45) is 8.14. The molecule has 2 N–H and O–H groups in total. The van der Waals surface area contributed by atoms with Crippen molar-refractivity contribution in [2.45, 2.75) is 58.4 Å². The maximum absolute atomic E-state index is 11.7. The third kappa shape index (κ3) is 4.47. The van der Waals surface area contributed by atoms with Crippen molar-refractivity contribution >= 4 is 23.0 Å².